The molecule has 0 saturated carbocycles. The minimum Gasteiger partial charge on any atom is -0.480 e. The molecule has 0 aliphatic rings. The first-order valence-electron chi connectivity index (χ1n) is 10.1. The van der Waals surface area contributed by atoms with Gasteiger partial charge >= 0.3 is 5.97 Å². The van der Waals surface area contributed by atoms with Crippen molar-refractivity contribution in [1.82, 2.24) is 10.6 Å². The Hall–Kier alpha value is -2.32. The van der Waals surface area contributed by atoms with E-state index in [2.05, 4.69) is 22.5 Å². The number of unbranched alkanes of at least 4 members (excludes halogenated alkanes) is 4. The van der Waals surface area contributed by atoms with Gasteiger partial charge in [-0.2, -0.15) is 0 Å². The predicted octanol–water partition coefficient (Wildman–Crippen LogP) is 1.11. The number of nitrogens with two attached hydrogens (primary N) is 2. The van der Waals surface area contributed by atoms with Gasteiger partial charge in [0, 0.05) is 13.0 Å². The summed E-state index contributed by atoms with van der Waals surface area (Å²) in [6, 6.07) is -1.84. The smallest absolute Gasteiger partial charge is 0.326 e. The Morgan fingerprint density at radius 3 is 2.18 bits per heavy atom. The number of guanidine groups is 1. The van der Waals surface area contributed by atoms with Crippen molar-refractivity contribution in [3.63, 3.8) is 0 Å². The van der Waals surface area contributed by atoms with Gasteiger partial charge in [0.15, 0.2) is 5.96 Å². The lowest BCUT2D eigenvalue weighted by atomic mass is 10.0. The predicted molar refractivity (Wildman–Crippen MR) is 110 cm³/mol. The molecule has 0 radical (unpaired) electrons. The third kappa shape index (κ3) is 12.1. The first-order valence-corrected chi connectivity index (χ1v) is 10.1. The largest absolute Gasteiger partial charge is 0.480 e. The average molecular weight is 400 g/mol. The summed E-state index contributed by atoms with van der Waals surface area (Å²) in [5.41, 5.74) is 10.6. The molecule has 0 aliphatic heterocycles. The lowest BCUT2D eigenvalue weighted by Crippen LogP contribution is -2.53. The maximum Gasteiger partial charge on any atom is 0.326 e. The molecule has 0 aliphatic carbocycles. The van der Waals surface area contributed by atoms with E-state index < -0.39 is 24.0 Å². The van der Waals surface area contributed by atoms with Crippen molar-refractivity contribution in [1.29, 1.82) is 0 Å². The van der Waals surface area contributed by atoms with Gasteiger partial charge in [-0.1, -0.05) is 46.5 Å². The van der Waals surface area contributed by atoms with E-state index >= 15 is 0 Å². The zero-order valence-corrected chi connectivity index (χ0v) is 17.4. The fraction of sp³-hybridized carbons (Fsp3) is 0.789. The summed E-state index contributed by atoms with van der Waals surface area (Å²) in [5.74, 6) is -2.15. The third-order valence-electron chi connectivity index (χ3n) is 4.33. The molecule has 0 spiro atoms. The zero-order chi connectivity index (χ0) is 21.5. The van der Waals surface area contributed by atoms with E-state index in [1.807, 2.05) is 0 Å². The lowest BCUT2D eigenvalue weighted by Gasteiger charge is -2.23. The number of rotatable bonds is 15. The van der Waals surface area contributed by atoms with E-state index in [9.17, 15) is 19.5 Å². The number of aliphatic carboxylic acids is 1. The van der Waals surface area contributed by atoms with E-state index in [0.29, 0.717) is 25.8 Å². The molecule has 0 fully saturated rings. The van der Waals surface area contributed by atoms with Crippen LogP contribution in [0.2, 0.25) is 0 Å². The molecule has 0 unspecified atom stereocenters. The van der Waals surface area contributed by atoms with Gasteiger partial charge in [-0.25, -0.2) is 4.79 Å². The number of carboxylic acids is 1. The van der Waals surface area contributed by atoms with Crippen molar-refractivity contribution in [3.05, 3.63) is 0 Å². The van der Waals surface area contributed by atoms with Crippen LogP contribution in [0.3, 0.4) is 0 Å². The van der Waals surface area contributed by atoms with Crippen LogP contribution in [0.5, 0.6) is 0 Å². The van der Waals surface area contributed by atoms with Crippen molar-refractivity contribution < 1.29 is 19.5 Å². The molecular weight excluding hydrogens is 362 g/mol. The van der Waals surface area contributed by atoms with E-state index in [0.717, 1.165) is 32.1 Å². The van der Waals surface area contributed by atoms with Gasteiger partial charge in [0.2, 0.25) is 11.8 Å². The zero-order valence-electron chi connectivity index (χ0n) is 17.4. The lowest BCUT2D eigenvalue weighted by molar-refractivity contribution is -0.143. The highest BCUT2D eigenvalue weighted by atomic mass is 16.4. The first-order chi connectivity index (χ1) is 13.2. The quantitative estimate of drug-likeness (QED) is 0.157. The summed E-state index contributed by atoms with van der Waals surface area (Å²) in [6.07, 6.45) is 6.22. The minimum absolute atomic E-state index is 0.0390. The number of hydrogen-bond acceptors (Lipinski definition) is 4. The topological polar surface area (TPSA) is 160 Å². The molecule has 0 rings (SSSR count). The molecule has 162 valence electrons. The van der Waals surface area contributed by atoms with E-state index in [4.69, 9.17) is 11.5 Å². The minimum atomic E-state index is -1.11. The van der Waals surface area contributed by atoms with Crippen LogP contribution in [0.1, 0.15) is 72.1 Å². The van der Waals surface area contributed by atoms with Gasteiger partial charge < -0.3 is 27.2 Å². The van der Waals surface area contributed by atoms with Gasteiger partial charge in [0.05, 0.1) is 0 Å². The number of carboxylic acid groups (broad SMARTS) is 1. The van der Waals surface area contributed by atoms with Gasteiger partial charge in [-0.15, -0.1) is 0 Å². The Balaban J connectivity index is 4.79. The molecular formula is C19H37N5O4. The van der Waals surface area contributed by atoms with Gasteiger partial charge in [0.25, 0.3) is 0 Å². The van der Waals surface area contributed by atoms with Crippen LogP contribution >= 0.6 is 0 Å². The number of carbonyl (C=O) groups is 3. The second-order valence-corrected chi connectivity index (χ2v) is 7.30. The normalized spacial score (nSPS) is 12.9. The Labute approximate surface area is 167 Å². The first kappa shape index (κ1) is 25.7. The summed E-state index contributed by atoms with van der Waals surface area (Å²) in [5, 5.41) is 14.5. The Morgan fingerprint density at radius 2 is 1.64 bits per heavy atom. The Kier molecular flexibility index (Phi) is 13.5. The molecule has 28 heavy (non-hydrogen) atoms. The number of aliphatic imine (C=N–C) groups is 1. The second kappa shape index (κ2) is 14.7. The monoisotopic (exact) mass is 399 g/mol. The van der Waals surface area contributed by atoms with Crippen LogP contribution in [0.15, 0.2) is 4.99 Å². The molecule has 2 amide bonds. The summed E-state index contributed by atoms with van der Waals surface area (Å²) < 4.78 is 0. The fourth-order valence-corrected chi connectivity index (χ4v) is 2.70. The molecule has 0 bridgehead atoms. The molecule has 0 aromatic carbocycles. The van der Waals surface area contributed by atoms with Crippen LogP contribution in [0, 0.1) is 5.92 Å². The molecule has 0 heterocycles. The molecule has 9 heteroatoms. The number of hydrogen-bond donors (Lipinski definition) is 5. The number of nitrogens with zero attached hydrogens (tertiary/aromatic N) is 1. The molecule has 0 aromatic heterocycles. The highest BCUT2D eigenvalue weighted by Crippen LogP contribution is 2.07. The molecule has 0 aromatic rings. The summed E-state index contributed by atoms with van der Waals surface area (Å²) in [4.78, 5) is 40.0. The highest BCUT2D eigenvalue weighted by molar-refractivity contribution is 5.90. The van der Waals surface area contributed by atoms with Gasteiger partial charge in [0.1, 0.15) is 12.1 Å². The van der Waals surface area contributed by atoms with Crippen LogP contribution in [-0.2, 0) is 14.4 Å². The SMILES string of the molecule is CCCCCCCC(=O)N[C@H](CCCN=C(N)N)C(=O)N[C@@H](C(=O)O)C(C)C. The summed E-state index contributed by atoms with van der Waals surface area (Å²) in [7, 11) is 0. The average Bonchev–Trinajstić information content (AvgIpc) is 2.61. The molecule has 2 atom stereocenters. The van der Waals surface area contributed by atoms with Crippen molar-refractivity contribution >= 4 is 23.7 Å². The summed E-state index contributed by atoms with van der Waals surface area (Å²) >= 11 is 0. The number of carbonyl (C=O) groups excluding carboxylic acids is 2. The van der Waals surface area contributed by atoms with Gasteiger partial charge in [-0.05, 0) is 25.2 Å². The van der Waals surface area contributed by atoms with Gasteiger partial charge in [-0.3, -0.25) is 14.6 Å². The standard InChI is InChI=1S/C19H37N5O4/c1-4-5-6-7-8-11-15(25)23-14(10-9-12-22-19(20)21)17(26)24-16(13(2)3)18(27)28/h13-14,16H,4-12H2,1-3H3,(H,23,25)(H,24,26)(H,27,28)(H4,20,21,22)/t14-,16-/m1/s1. The molecule has 7 N–H and O–H groups in total. The van der Waals surface area contributed by atoms with E-state index in [1.165, 1.54) is 0 Å². The van der Waals surface area contributed by atoms with Crippen LogP contribution in [0.25, 0.3) is 0 Å². The maximum absolute atomic E-state index is 12.6. The Morgan fingerprint density at radius 1 is 1.00 bits per heavy atom. The molecule has 9 nitrogen and oxygen atoms in total. The van der Waals surface area contributed by atoms with Crippen LogP contribution in [0.4, 0.5) is 0 Å². The van der Waals surface area contributed by atoms with Crippen molar-refractivity contribution in [3.8, 4) is 0 Å². The maximum atomic E-state index is 12.6. The van der Waals surface area contributed by atoms with E-state index in [1.54, 1.807) is 13.8 Å². The number of nitrogens with one attached hydrogen (secondary N) is 2. The van der Waals surface area contributed by atoms with Crippen molar-refractivity contribution in [2.45, 2.75) is 84.2 Å². The van der Waals surface area contributed by atoms with E-state index in [-0.39, 0.29) is 17.8 Å². The van der Waals surface area contributed by atoms with Crippen molar-refractivity contribution in [2.75, 3.05) is 6.54 Å². The van der Waals surface area contributed by atoms with Crippen LogP contribution < -0.4 is 22.1 Å². The summed E-state index contributed by atoms with van der Waals surface area (Å²) in [6.45, 7) is 5.87. The fourth-order valence-electron chi connectivity index (χ4n) is 2.70. The molecule has 0 saturated heterocycles. The Bertz CT molecular complexity index is 518. The number of amides is 2. The second-order valence-electron chi connectivity index (χ2n) is 7.30. The van der Waals surface area contributed by atoms with Crippen molar-refractivity contribution in [2.24, 2.45) is 22.4 Å². The third-order valence-corrected chi connectivity index (χ3v) is 4.33. The highest BCUT2D eigenvalue weighted by Gasteiger charge is 2.28. The van der Waals surface area contributed by atoms with Crippen LogP contribution in [-0.4, -0.2) is 47.5 Å².